The summed E-state index contributed by atoms with van der Waals surface area (Å²) in [6.07, 6.45) is 1.46. The van der Waals surface area contributed by atoms with E-state index in [2.05, 4.69) is 4.98 Å². The van der Waals surface area contributed by atoms with E-state index in [1.54, 1.807) is 17.0 Å². The number of ether oxygens (including phenoxy) is 2. The number of carbonyl (C=O) groups excluding carboxylic acids is 2. The van der Waals surface area contributed by atoms with Crippen LogP contribution in [-0.4, -0.2) is 36.1 Å². The fraction of sp³-hybridized carbons (Fsp3) is 0.318. The number of amides is 1. The van der Waals surface area contributed by atoms with Gasteiger partial charge < -0.3 is 9.47 Å². The second-order valence-electron chi connectivity index (χ2n) is 7.29. The summed E-state index contributed by atoms with van der Waals surface area (Å²) < 4.78 is 12.3. The lowest BCUT2D eigenvalue weighted by atomic mass is 10.0. The van der Waals surface area contributed by atoms with Crippen molar-refractivity contribution in [1.29, 1.82) is 0 Å². The van der Waals surface area contributed by atoms with Crippen LogP contribution in [-0.2, 0) is 14.3 Å². The molecule has 0 radical (unpaired) electrons. The quantitative estimate of drug-likeness (QED) is 0.594. The minimum absolute atomic E-state index is 0.00405. The molecule has 2 atom stereocenters. The number of anilines is 1. The Kier molecular flexibility index (Phi) is 4.77. The highest BCUT2D eigenvalue weighted by atomic mass is 32.1. The smallest absolute Gasteiger partial charge is 0.339 e. The second kappa shape index (κ2) is 7.57. The highest BCUT2D eigenvalue weighted by molar-refractivity contribution is 7.22. The van der Waals surface area contributed by atoms with Crippen LogP contribution in [0.5, 0.6) is 0 Å². The van der Waals surface area contributed by atoms with Crippen LogP contribution in [0.3, 0.4) is 0 Å². The Hall–Kier alpha value is -2.77. The highest BCUT2D eigenvalue weighted by Gasteiger charge is 2.35. The Morgan fingerprint density at radius 1 is 1.17 bits per heavy atom. The van der Waals surface area contributed by atoms with Crippen molar-refractivity contribution < 1.29 is 19.1 Å². The largest absolute Gasteiger partial charge is 0.453 e. The predicted molar refractivity (Wildman–Crippen MR) is 110 cm³/mol. The van der Waals surface area contributed by atoms with Gasteiger partial charge in [0, 0.05) is 12.2 Å². The SMILES string of the molecule is O=C1O[C@H](CC(=O)N(C[C@@H]2CCCO2)c2nc3ccccc3s2)c2ccccc21. The van der Waals surface area contributed by atoms with Crippen LogP contribution in [0, 0.1) is 0 Å². The van der Waals surface area contributed by atoms with Gasteiger partial charge in [0.05, 0.1) is 34.8 Å². The van der Waals surface area contributed by atoms with Crippen molar-refractivity contribution in [1.82, 2.24) is 4.98 Å². The zero-order valence-electron chi connectivity index (χ0n) is 15.7. The first kappa shape index (κ1) is 18.3. The molecule has 1 fully saturated rings. The van der Waals surface area contributed by atoms with E-state index in [0.717, 1.165) is 35.2 Å². The van der Waals surface area contributed by atoms with E-state index in [1.807, 2.05) is 36.4 Å². The number of cyclic esters (lactones) is 1. The Bertz CT molecular complexity index is 1040. The van der Waals surface area contributed by atoms with Gasteiger partial charge in [-0.25, -0.2) is 9.78 Å². The summed E-state index contributed by atoms with van der Waals surface area (Å²) in [6, 6.07) is 15.1. The molecule has 6 nitrogen and oxygen atoms in total. The molecule has 7 heteroatoms. The van der Waals surface area contributed by atoms with Crippen molar-refractivity contribution in [2.45, 2.75) is 31.5 Å². The van der Waals surface area contributed by atoms with Gasteiger partial charge in [0.2, 0.25) is 5.91 Å². The lowest BCUT2D eigenvalue weighted by Gasteiger charge is -2.24. The van der Waals surface area contributed by atoms with Gasteiger partial charge >= 0.3 is 5.97 Å². The first-order valence-corrected chi connectivity index (χ1v) is 10.6. The van der Waals surface area contributed by atoms with Gasteiger partial charge in [-0.2, -0.15) is 0 Å². The third-order valence-corrected chi connectivity index (χ3v) is 6.42. The molecule has 148 valence electrons. The van der Waals surface area contributed by atoms with Gasteiger partial charge in [-0.1, -0.05) is 41.7 Å². The summed E-state index contributed by atoms with van der Waals surface area (Å²) in [5.41, 5.74) is 2.18. The molecule has 2 aromatic carbocycles. The van der Waals surface area contributed by atoms with E-state index < -0.39 is 6.10 Å². The lowest BCUT2D eigenvalue weighted by molar-refractivity contribution is -0.120. The standard InChI is InChI=1S/C22H20N2O4S/c25-20(12-18-15-7-1-2-8-16(15)21(26)28-18)24(13-14-6-5-11-27-14)22-23-17-9-3-4-10-19(17)29-22/h1-4,7-10,14,18H,5-6,11-13H2/t14-,18+/m0/s1. The first-order chi connectivity index (χ1) is 14.2. The van der Waals surface area contributed by atoms with Crippen LogP contribution in [0.2, 0.25) is 0 Å². The van der Waals surface area contributed by atoms with Crippen molar-refractivity contribution in [3.8, 4) is 0 Å². The topological polar surface area (TPSA) is 68.7 Å². The van der Waals surface area contributed by atoms with Gasteiger partial charge in [-0.3, -0.25) is 9.69 Å². The number of thiazole rings is 1. The maximum atomic E-state index is 13.3. The van der Waals surface area contributed by atoms with Crippen LogP contribution in [0.15, 0.2) is 48.5 Å². The average molecular weight is 408 g/mol. The van der Waals surface area contributed by atoms with Gasteiger partial charge in [-0.05, 0) is 31.0 Å². The second-order valence-corrected chi connectivity index (χ2v) is 8.30. The number of fused-ring (bicyclic) bond motifs is 2. The number of hydrogen-bond donors (Lipinski definition) is 0. The van der Waals surface area contributed by atoms with E-state index in [-0.39, 0.29) is 24.4 Å². The molecular weight excluding hydrogens is 388 g/mol. The summed E-state index contributed by atoms with van der Waals surface area (Å²) in [6.45, 7) is 1.18. The van der Waals surface area contributed by atoms with Crippen LogP contribution in [0.4, 0.5) is 5.13 Å². The summed E-state index contributed by atoms with van der Waals surface area (Å²) in [4.78, 5) is 31.8. The number of aromatic nitrogens is 1. The van der Waals surface area contributed by atoms with Gasteiger partial charge in [-0.15, -0.1) is 0 Å². The molecule has 0 saturated carbocycles. The Labute approximate surface area is 172 Å². The van der Waals surface area contributed by atoms with Crippen LogP contribution < -0.4 is 4.90 Å². The number of benzene rings is 2. The zero-order chi connectivity index (χ0) is 19.8. The molecule has 0 bridgehead atoms. The van der Waals surface area contributed by atoms with Crippen molar-refractivity contribution in [2.24, 2.45) is 0 Å². The maximum absolute atomic E-state index is 13.3. The first-order valence-electron chi connectivity index (χ1n) is 9.76. The molecule has 0 aliphatic carbocycles. The fourth-order valence-corrected chi connectivity index (χ4v) is 4.89. The van der Waals surface area contributed by atoms with Crippen molar-refractivity contribution in [2.75, 3.05) is 18.1 Å². The van der Waals surface area contributed by atoms with Gasteiger partial charge in [0.1, 0.15) is 6.10 Å². The minimum Gasteiger partial charge on any atom is -0.453 e. The summed E-state index contributed by atoms with van der Waals surface area (Å²) in [5.74, 6) is -0.488. The van der Waals surface area contributed by atoms with Gasteiger partial charge in [0.25, 0.3) is 0 Å². The Morgan fingerprint density at radius 3 is 2.83 bits per heavy atom. The van der Waals surface area contributed by atoms with E-state index in [9.17, 15) is 9.59 Å². The molecule has 0 unspecified atom stereocenters. The molecule has 1 aromatic heterocycles. The number of carbonyl (C=O) groups is 2. The molecular formula is C22H20N2O4S. The number of rotatable bonds is 5. The summed E-state index contributed by atoms with van der Waals surface area (Å²) in [7, 11) is 0. The summed E-state index contributed by atoms with van der Waals surface area (Å²) in [5, 5.41) is 0.657. The molecule has 1 saturated heterocycles. The average Bonchev–Trinajstić information content (AvgIpc) is 3.46. The molecule has 0 N–H and O–H groups in total. The van der Waals surface area contributed by atoms with E-state index in [0.29, 0.717) is 17.2 Å². The highest BCUT2D eigenvalue weighted by Crippen LogP contribution is 2.35. The molecule has 3 heterocycles. The fourth-order valence-electron chi connectivity index (χ4n) is 3.89. The number of nitrogens with zero attached hydrogens (tertiary/aromatic N) is 2. The van der Waals surface area contributed by atoms with E-state index in [4.69, 9.17) is 9.47 Å². The Balaban J connectivity index is 1.42. The number of para-hydroxylation sites is 1. The van der Waals surface area contributed by atoms with E-state index >= 15 is 0 Å². The third kappa shape index (κ3) is 3.52. The van der Waals surface area contributed by atoms with Crippen LogP contribution >= 0.6 is 11.3 Å². The maximum Gasteiger partial charge on any atom is 0.339 e. The molecule has 2 aliphatic rings. The predicted octanol–water partition coefficient (Wildman–Crippen LogP) is 4.11. The molecule has 3 aromatic rings. The van der Waals surface area contributed by atoms with Gasteiger partial charge in [0.15, 0.2) is 5.13 Å². The van der Waals surface area contributed by atoms with Crippen LogP contribution in [0.1, 0.15) is 41.3 Å². The molecule has 0 spiro atoms. The molecule has 1 amide bonds. The molecule has 29 heavy (non-hydrogen) atoms. The van der Waals surface area contributed by atoms with Crippen molar-refractivity contribution in [3.05, 3.63) is 59.7 Å². The van der Waals surface area contributed by atoms with Crippen LogP contribution in [0.25, 0.3) is 10.2 Å². The number of esters is 1. The zero-order valence-corrected chi connectivity index (χ0v) is 16.6. The Morgan fingerprint density at radius 2 is 2.00 bits per heavy atom. The minimum atomic E-state index is -0.562. The third-order valence-electron chi connectivity index (χ3n) is 5.36. The lowest BCUT2D eigenvalue weighted by Crippen LogP contribution is -2.38. The van der Waals surface area contributed by atoms with Crippen molar-refractivity contribution in [3.63, 3.8) is 0 Å². The van der Waals surface area contributed by atoms with E-state index in [1.165, 1.54) is 11.3 Å². The molecule has 5 rings (SSSR count). The van der Waals surface area contributed by atoms with Crippen molar-refractivity contribution >= 4 is 38.6 Å². The summed E-state index contributed by atoms with van der Waals surface area (Å²) >= 11 is 1.49. The normalized spacial score (nSPS) is 20.6. The monoisotopic (exact) mass is 408 g/mol. The molecule has 2 aliphatic heterocycles. The number of hydrogen-bond acceptors (Lipinski definition) is 6.